The van der Waals surface area contributed by atoms with Gasteiger partial charge >= 0.3 is 0 Å². The van der Waals surface area contributed by atoms with E-state index in [4.69, 9.17) is 21.7 Å². The third-order valence-corrected chi connectivity index (χ3v) is 4.80. The van der Waals surface area contributed by atoms with Crippen molar-refractivity contribution in [2.45, 2.75) is 19.4 Å². The smallest absolute Gasteiger partial charge is 0.280 e. The molecule has 0 saturated heterocycles. The highest BCUT2D eigenvalue weighted by Crippen LogP contribution is 2.26. The maximum atomic E-state index is 13.0. The molecule has 2 heterocycles. The van der Waals surface area contributed by atoms with Crippen molar-refractivity contribution in [1.29, 1.82) is 0 Å². The first-order chi connectivity index (χ1) is 13.2. The van der Waals surface area contributed by atoms with E-state index >= 15 is 0 Å². The van der Waals surface area contributed by atoms with Crippen molar-refractivity contribution in [3.8, 4) is 5.69 Å². The van der Waals surface area contributed by atoms with Crippen LogP contribution in [0.4, 0.5) is 0 Å². The zero-order valence-electron chi connectivity index (χ0n) is 14.5. The van der Waals surface area contributed by atoms with Crippen molar-refractivity contribution >= 4 is 17.3 Å². The number of aliphatic hydroxyl groups is 1. The highest BCUT2D eigenvalue weighted by molar-refractivity contribution is 6.35. The van der Waals surface area contributed by atoms with Gasteiger partial charge in [-0.05, 0) is 25.0 Å². The normalized spacial score (nSPS) is 12.7. The predicted molar refractivity (Wildman–Crippen MR) is 104 cm³/mol. The van der Waals surface area contributed by atoms with Crippen LogP contribution in [0.5, 0.6) is 0 Å². The molecule has 0 spiro atoms. The lowest BCUT2D eigenvalue weighted by Crippen LogP contribution is -2.29. The van der Waals surface area contributed by atoms with Crippen LogP contribution in [0.15, 0.2) is 58.3 Å². The molecule has 0 aliphatic carbocycles. The van der Waals surface area contributed by atoms with Crippen LogP contribution in [-0.4, -0.2) is 32.2 Å². The second-order valence-electron chi connectivity index (χ2n) is 6.19. The first-order valence-electron chi connectivity index (χ1n) is 8.68. The van der Waals surface area contributed by atoms with Crippen molar-refractivity contribution in [3.05, 3.63) is 86.6 Å². The number of hydrogen-bond donors (Lipinski definition) is 1. The molecular weight excluding hydrogens is 364 g/mol. The summed E-state index contributed by atoms with van der Waals surface area (Å²) in [6.07, 6.45) is 0.843. The molecule has 0 atom stereocenters. The lowest BCUT2D eigenvalue weighted by Gasteiger charge is -2.14. The van der Waals surface area contributed by atoms with Gasteiger partial charge in [-0.15, -0.1) is 10.2 Å². The van der Waals surface area contributed by atoms with E-state index in [0.29, 0.717) is 35.1 Å². The number of aliphatic hydroxyl groups excluding tert-OH is 1. The molecule has 4 rings (SSSR count). The number of halogens is 1. The molecule has 27 heavy (non-hydrogen) atoms. The van der Waals surface area contributed by atoms with E-state index in [1.165, 1.54) is 0 Å². The van der Waals surface area contributed by atoms with Crippen LogP contribution in [0.2, 0.25) is 5.02 Å². The zero-order valence-corrected chi connectivity index (χ0v) is 15.2. The molecule has 7 heteroatoms. The summed E-state index contributed by atoms with van der Waals surface area (Å²) in [6.45, 7) is 0.219. The number of aliphatic imine (C=N–C) groups is 1. The number of benzene rings is 2. The largest absolute Gasteiger partial charge is 0.396 e. The topological polar surface area (TPSA) is 80.4 Å². The Kier molecular flexibility index (Phi) is 4.83. The molecule has 0 bridgehead atoms. The van der Waals surface area contributed by atoms with Crippen LogP contribution < -0.4 is 5.56 Å². The summed E-state index contributed by atoms with van der Waals surface area (Å²) >= 11 is 6.40. The lowest BCUT2D eigenvalue weighted by molar-refractivity contribution is 0.287. The Balaban J connectivity index is 1.93. The molecule has 1 N–H and O–H groups in total. The monoisotopic (exact) mass is 380 g/mol. The molecular formula is C20H17ClN4O2. The molecule has 136 valence electrons. The minimum absolute atomic E-state index is 0.000770. The standard InChI is InChI=1S/C20H17ClN4O2/c21-15-8-3-1-6-13(15)19-14-7-2-4-10-17(14)25-18(12-22-19)24-23-16(20(25)27)9-5-11-26/h1-4,6-8,10,26H,5,9,11-12H2. The molecule has 2 aromatic carbocycles. The molecule has 1 aromatic heterocycles. The number of rotatable bonds is 4. The predicted octanol–water partition coefficient (Wildman–Crippen LogP) is 2.56. The van der Waals surface area contributed by atoms with Crippen LogP contribution >= 0.6 is 11.6 Å². The molecule has 6 nitrogen and oxygen atoms in total. The van der Waals surface area contributed by atoms with Gasteiger partial charge in [-0.1, -0.05) is 48.0 Å². The molecule has 1 aliphatic heterocycles. The van der Waals surface area contributed by atoms with Gasteiger partial charge in [0.25, 0.3) is 5.56 Å². The molecule has 3 aromatic rings. The van der Waals surface area contributed by atoms with Crippen molar-refractivity contribution in [2.75, 3.05) is 6.61 Å². The summed E-state index contributed by atoms with van der Waals surface area (Å²) in [4.78, 5) is 17.7. The van der Waals surface area contributed by atoms with Gasteiger partial charge in [0.2, 0.25) is 0 Å². The second kappa shape index (κ2) is 7.42. The number of hydrogen-bond acceptors (Lipinski definition) is 5. The summed E-state index contributed by atoms with van der Waals surface area (Å²) in [5.41, 5.74) is 3.15. The third-order valence-electron chi connectivity index (χ3n) is 4.47. The van der Waals surface area contributed by atoms with Crippen molar-refractivity contribution in [2.24, 2.45) is 4.99 Å². The van der Waals surface area contributed by atoms with E-state index < -0.39 is 0 Å². The second-order valence-corrected chi connectivity index (χ2v) is 6.60. The maximum absolute atomic E-state index is 13.0. The molecule has 0 radical (unpaired) electrons. The Morgan fingerprint density at radius 2 is 1.78 bits per heavy atom. The van der Waals surface area contributed by atoms with Gasteiger partial charge in [0, 0.05) is 22.8 Å². The highest BCUT2D eigenvalue weighted by Gasteiger charge is 2.22. The molecule has 0 saturated carbocycles. The van der Waals surface area contributed by atoms with Crippen molar-refractivity contribution in [3.63, 3.8) is 0 Å². The van der Waals surface area contributed by atoms with E-state index in [2.05, 4.69) is 10.2 Å². The first-order valence-corrected chi connectivity index (χ1v) is 9.06. The Hall–Kier alpha value is -2.83. The average molecular weight is 381 g/mol. The lowest BCUT2D eigenvalue weighted by atomic mass is 10.0. The third kappa shape index (κ3) is 3.18. The number of aromatic nitrogens is 3. The van der Waals surface area contributed by atoms with Crippen LogP contribution in [0.3, 0.4) is 0 Å². The Bertz CT molecular complexity index is 1090. The van der Waals surface area contributed by atoms with E-state index in [1.807, 2.05) is 48.5 Å². The van der Waals surface area contributed by atoms with Gasteiger partial charge < -0.3 is 5.11 Å². The highest BCUT2D eigenvalue weighted by atomic mass is 35.5. The minimum Gasteiger partial charge on any atom is -0.396 e. The SMILES string of the molecule is O=c1c(CCCO)nnc2n1-c1ccccc1C(c1ccccc1Cl)=NC2. The fourth-order valence-corrected chi connectivity index (χ4v) is 3.42. The van der Waals surface area contributed by atoms with Gasteiger partial charge in [-0.25, -0.2) is 0 Å². The fraction of sp³-hybridized carbons (Fsp3) is 0.200. The number of aryl methyl sites for hydroxylation is 1. The van der Waals surface area contributed by atoms with Gasteiger partial charge in [0.1, 0.15) is 12.2 Å². The number of para-hydroxylation sites is 1. The van der Waals surface area contributed by atoms with Crippen LogP contribution in [-0.2, 0) is 13.0 Å². The van der Waals surface area contributed by atoms with Gasteiger partial charge in [-0.3, -0.25) is 14.4 Å². The van der Waals surface area contributed by atoms with Crippen molar-refractivity contribution < 1.29 is 5.11 Å². The Labute approximate surface area is 160 Å². The van der Waals surface area contributed by atoms with E-state index in [0.717, 1.165) is 16.8 Å². The van der Waals surface area contributed by atoms with E-state index in [1.54, 1.807) is 4.57 Å². The summed E-state index contributed by atoms with van der Waals surface area (Å²) < 4.78 is 1.57. The minimum atomic E-state index is -0.225. The fourth-order valence-electron chi connectivity index (χ4n) is 3.19. The Morgan fingerprint density at radius 1 is 1.04 bits per heavy atom. The number of fused-ring (bicyclic) bond motifs is 3. The van der Waals surface area contributed by atoms with E-state index in [-0.39, 0.29) is 18.7 Å². The van der Waals surface area contributed by atoms with Gasteiger partial charge in [0.05, 0.1) is 11.4 Å². The quantitative estimate of drug-likeness (QED) is 0.754. The van der Waals surface area contributed by atoms with Crippen LogP contribution in [0, 0.1) is 0 Å². The first kappa shape index (κ1) is 17.6. The van der Waals surface area contributed by atoms with Crippen LogP contribution in [0.1, 0.15) is 29.1 Å². The zero-order chi connectivity index (χ0) is 18.8. The van der Waals surface area contributed by atoms with Gasteiger partial charge in [0.15, 0.2) is 5.82 Å². The molecule has 1 aliphatic rings. The van der Waals surface area contributed by atoms with Gasteiger partial charge in [-0.2, -0.15) is 0 Å². The summed E-state index contributed by atoms with van der Waals surface area (Å²) in [5.74, 6) is 0.474. The van der Waals surface area contributed by atoms with Crippen LogP contribution in [0.25, 0.3) is 5.69 Å². The molecule has 0 unspecified atom stereocenters. The average Bonchev–Trinajstić information content (AvgIpc) is 2.85. The Morgan fingerprint density at radius 3 is 2.56 bits per heavy atom. The van der Waals surface area contributed by atoms with Crippen molar-refractivity contribution in [1.82, 2.24) is 14.8 Å². The molecule has 0 fully saturated rings. The van der Waals surface area contributed by atoms with E-state index in [9.17, 15) is 4.79 Å². The number of nitrogens with zero attached hydrogens (tertiary/aromatic N) is 4. The summed E-state index contributed by atoms with van der Waals surface area (Å²) in [7, 11) is 0. The maximum Gasteiger partial charge on any atom is 0.280 e. The molecule has 0 amide bonds. The summed E-state index contributed by atoms with van der Waals surface area (Å²) in [5, 5.41) is 18.0. The summed E-state index contributed by atoms with van der Waals surface area (Å²) in [6, 6.07) is 15.1.